The Balaban J connectivity index is 2.16. The zero-order valence-electron chi connectivity index (χ0n) is 12.1. The van der Waals surface area contributed by atoms with E-state index in [0.717, 1.165) is 25.7 Å². The molecule has 1 fully saturated rings. The fraction of sp³-hybridized carbons (Fsp3) is 0.769. The number of H-pyrrole nitrogens is 1. The average molecular weight is 300 g/mol. The molecule has 20 heavy (non-hydrogen) atoms. The van der Waals surface area contributed by atoms with Gasteiger partial charge in [0, 0.05) is 12.6 Å². The van der Waals surface area contributed by atoms with E-state index in [1.165, 1.54) is 6.42 Å². The van der Waals surface area contributed by atoms with Crippen LogP contribution < -0.4 is 10.5 Å². The maximum absolute atomic E-state index is 12.5. The predicted molar refractivity (Wildman–Crippen MR) is 77.6 cm³/mol. The number of hydrogen-bond donors (Lipinski definition) is 3. The molecule has 0 spiro atoms. The van der Waals surface area contributed by atoms with Gasteiger partial charge in [-0.2, -0.15) is 5.10 Å². The highest BCUT2D eigenvalue weighted by Crippen LogP contribution is 2.25. The highest BCUT2D eigenvalue weighted by molar-refractivity contribution is 7.89. The minimum Gasteiger partial charge on any atom is -0.325 e. The Morgan fingerprint density at radius 1 is 1.35 bits per heavy atom. The number of nitrogens with zero attached hydrogens (tertiary/aromatic N) is 1. The minimum atomic E-state index is -3.55. The third-order valence-corrected chi connectivity index (χ3v) is 5.73. The van der Waals surface area contributed by atoms with E-state index in [-0.39, 0.29) is 17.5 Å². The molecule has 2 rings (SSSR count). The molecule has 1 aromatic rings. The molecule has 1 aliphatic carbocycles. The predicted octanol–water partition coefficient (Wildman–Crippen LogP) is 1.42. The van der Waals surface area contributed by atoms with Crippen molar-refractivity contribution in [3.63, 3.8) is 0 Å². The van der Waals surface area contributed by atoms with Crippen molar-refractivity contribution < 1.29 is 8.42 Å². The molecule has 0 bridgehead atoms. The molecule has 4 N–H and O–H groups in total. The first-order valence-corrected chi connectivity index (χ1v) is 8.68. The molecule has 1 aliphatic rings. The van der Waals surface area contributed by atoms with E-state index in [4.69, 9.17) is 5.73 Å². The quantitative estimate of drug-likeness (QED) is 0.732. The minimum absolute atomic E-state index is 0.0184. The topological polar surface area (TPSA) is 101 Å². The third-order valence-electron chi connectivity index (χ3n) is 4.00. The molecular weight excluding hydrogens is 276 g/mol. The second-order valence-electron chi connectivity index (χ2n) is 5.76. The van der Waals surface area contributed by atoms with Crippen LogP contribution in [0.3, 0.4) is 0 Å². The van der Waals surface area contributed by atoms with E-state index >= 15 is 0 Å². The Labute approximate surface area is 120 Å². The number of rotatable bonds is 4. The molecule has 0 amide bonds. The van der Waals surface area contributed by atoms with Gasteiger partial charge in [-0.25, -0.2) is 13.1 Å². The Morgan fingerprint density at radius 2 is 2.10 bits per heavy atom. The molecule has 7 heteroatoms. The molecule has 0 saturated heterocycles. The molecular formula is C13H24N4O2S. The van der Waals surface area contributed by atoms with Crippen LogP contribution in [0.4, 0.5) is 0 Å². The van der Waals surface area contributed by atoms with Crippen LogP contribution in [0.1, 0.15) is 50.4 Å². The SMILES string of the molecule is Cc1[nH]nc(CN)c1S(=O)(=O)NC1CCCC(C)CC1. The van der Waals surface area contributed by atoms with E-state index in [9.17, 15) is 8.42 Å². The molecule has 0 aromatic carbocycles. The van der Waals surface area contributed by atoms with Crippen LogP contribution in [0, 0.1) is 12.8 Å². The molecule has 6 nitrogen and oxygen atoms in total. The lowest BCUT2D eigenvalue weighted by Gasteiger charge is -2.16. The second-order valence-corrected chi connectivity index (χ2v) is 7.41. The van der Waals surface area contributed by atoms with Gasteiger partial charge in [-0.05, 0) is 32.1 Å². The number of nitrogens with two attached hydrogens (primary N) is 1. The van der Waals surface area contributed by atoms with Crippen molar-refractivity contribution in [2.24, 2.45) is 11.7 Å². The van der Waals surface area contributed by atoms with Gasteiger partial charge in [0.15, 0.2) is 0 Å². The van der Waals surface area contributed by atoms with E-state index < -0.39 is 10.0 Å². The third kappa shape index (κ3) is 3.39. The summed E-state index contributed by atoms with van der Waals surface area (Å²) >= 11 is 0. The smallest absolute Gasteiger partial charge is 0.244 e. The molecule has 114 valence electrons. The number of sulfonamides is 1. The highest BCUT2D eigenvalue weighted by Gasteiger charge is 2.27. The summed E-state index contributed by atoms with van der Waals surface area (Å²) in [5, 5.41) is 6.66. The van der Waals surface area contributed by atoms with E-state index in [1.807, 2.05) is 0 Å². The molecule has 2 atom stereocenters. The van der Waals surface area contributed by atoms with Gasteiger partial charge < -0.3 is 5.73 Å². The molecule has 1 heterocycles. The van der Waals surface area contributed by atoms with Crippen LogP contribution in [0.5, 0.6) is 0 Å². The lowest BCUT2D eigenvalue weighted by molar-refractivity contribution is 0.484. The van der Waals surface area contributed by atoms with Gasteiger partial charge in [-0.3, -0.25) is 5.10 Å². The summed E-state index contributed by atoms with van der Waals surface area (Å²) in [7, 11) is -3.55. The highest BCUT2D eigenvalue weighted by atomic mass is 32.2. The Bertz CT molecular complexity index is 553. The first-order chi connectivity index (χ1) is 9.44. The van der Waals surface area contributed by atoms with Crippen molar-refractivity contribution in [3.05, 3.63) is 11.4 Å². The van der Waals surface area contributed by atoms with Crippen LogP contribution >= 0.6 is 0 Å². The average Bonchev–Trinajstić information content (AvgIpc) is 2.66. The lowest BCUT2D eigenvalue weighted by atomic mass is 10.0. The largest absolute Gasteiger partial charge is 0.325 e. The normalized spacial score (nSPS) is 24.6. The van der Waals surface area contributed by atoms with Crippen LogP contribution in [-0.4, -0.2) is 24.7 Å². The fourth-order valence-corrected chi connectivity index (χ4v) is 4.53. The maximum atomic E-state index is 12.5. The summed E-state index contributed by atoms with van der Waals surface area (Å²) in [5.41, 5.74) is 6.50. The van der Waals surface area contributed by atoms with Crippen LogP contribution in [0.2, 0.25) is 0 Å². The van der Waals surface area contributed by atoms with Crippen molar-refractivity contribution >= 4 is 10.0 Å². The van der Waals surface area contributed by atoms with Crippen molar-refractivity contribution in [2.45, 2.75) is 63.4 Å². The first kappa shape index (κ1) is 15.5. The van der Waals surface area contributed by atoms with Gasteiger partial charge in [-0.15, -0.1) is 0 Å². The van der Waals surface area contributed by atoms with Gasteiger partial charge in [0.1, 0.15) is 4.90 Å². The number of nitrogens with one attached hydrogen (secondary N) is 2. The Hall–Kier alpha value is -0.920. The Morgan fingerprint density at radius 3 is 2.80 bits per heavy atom. The van der Waals surface area contributed by atoms with Gasteiger partial charge >= 0.3 is 0 Å². The molecule has 1 aromatic heterocycles. The number of aryl methyl sites for hydroxylation is 1. The van der Waals surface area contributed by atoms with Crippen molar-refractivity contribution in [1.82, 2.24) is 14.9 Å². The second kappa shape index (κ2) is 6.24. The molecule has 1 saturated carbocycles. The number of aromatic nitrogens is 2. The van der Waals surface area contributed by atoms with Crippen LogP contribution in [-0.2, 0) is 16.6 Å². The number of hydrogen-bond acceptors (Lipinski definition) is 4. The summed E-state index contributed by atoms with van der Waals surface area (Å²) in [5.74, 6) is 0.680. The molecule has 0 aliphatic heterocycles. The van der Waals surface area contributed by atoms with Crippen molar-refractivity contribution in [3.8, 4) is 0 Å². The molecule has 2 unspecified atom stereocenters. The number of aromatic amines is 1. The zero-order chi connectivity index (χ0) is 14.8. The van der Waals surface area contributed by atoms with E-state index in [2.05, 4.69) is 21.8 Å². The van der Waals surface area contributed by atoms with Crippen molar-refractivity contribution in [2.75, 3.05) is 0 Å². The fourth-order valence-electron chi connectivity index (χ4n) is 2.85. The first-order valence-electron chi connectivity index (χ1n) is 7.20. The van der Waals surface area contributed by atoms with E-state index in [1.54, 1.807) is 6.92 Å². The van der Waals surface area contributed by atoms with E-state index in [0.29, 0.717) is 17.3 Å². The lowest BCUT2D eigenvalue weighted by Crippen LogP contribution is -2.35. The van der Waals surface area contributed by atoms with Crippen LogP contribution in [0.25, 0.3) is 0 Å². The monoisotopic (exact) mass is 300 g/mol. The zero-order valence-corrected chi connectivity index (χ0v) is 13.0. The maximum Gasteiger partial charge on any atom is 0.244 e. The summed E-state index contributed by atoms with van der Waals surface area (Å²) in [6, 6.07) is 0.0184. The summed E-state index contributed by atoms with van der Waals surface area (Å²) < 4.78 is 27.9. The summed E-state index contributed by atoms with van der Waals surface area (Å²) in [4.78, 5) is 0.220. The molecule has 0 radical (unpaired) electrons. The summed E-state index contributed by atoms with van der Waals surface area (Å²) in [6.07, 6.45) is 5.12. The standard InChI is InChI=1S/C13H24N4O2S/c1-9-4-3-5-11(7-6-9)17-20(18,19)13-10(2)15-16-12(13)8-14/h9,11,17H,3-8,14H2,1-2H3,(H,15,16). The van der Waals surface area contributed by atoms with Gasteiger partial charge in [0.2, 0.25) is 10.0 Å². The van der Waals surface area contributed by atoms with Gasteiger partial charge in [0.05, 0.1) is 11.4 Å². The van der Waals surface area contributed by atoms with Crippen molar-refractivity contribution in [1.29, 1.82) is 0 Å². The Kier molecular flexibility index (Phi) is 4.82. The van der Waals surface area contributed by atoms with Gasteiger partial charge in [-0.1, -0.05) is 19.8 Å². The van der Waals surface area contributed by atoms with Crippen LogP contribution in [0.15, 0.2) is 4.90 Å². The summed E-state index contributed by atoms with van der Waals surface area (Å²) in [6.45, 7) is 4.04. The van der Waals surface area contributed by atoms with Gasteiger partial charge in [0.25, 0.3) is 0 Å².